The quantitative estimate of drug-likeness (QED) is 0.324. The maximum atomic E-state index is 12.6. The van der Waals surface area contributed by atoms with E-state index in [1.54, 1.807) is 48.5 Å². The van der Waals surface area contributed by atoms with Crippen LogP contribution in [0.5, 0.6) is 5.75 Å². The summed E-state index contributed by atoms with van der Waals surface area (Å²) in [7, 11) is -3.32. The van der Waals surface area contributed by atoms with Crippen molar-refractivity contribution in [2.75, 3.05) is 24.7 Å². The fourth-order valence-electron chi connectivity index (χ4n) is 3.45. The number of carboxylic acid groups (broad SMARTS) is 1. The van der Waals surface area contributed by atoms with E-state index in [2.05, 4.69) is 0 Å². The number of sulfone groups is 1. The normalized spacial score (nSPS) is 11.5. The Hall–Kier alpha value is -2.58. The molecule has 35 heavy (non-hydrogen) atoms. The summed E-state index contributed by atoms with van der Waals surface area (Å²) in [4.78, 5) is 10.4. The van der Waals surface area contributed by atoms with Crippen LogP contribution in [0.4, 0.5) is 0 Å². The molecule has 6 nitrogen and oxygen atoms in total. The Labute approximate surface area is 215 Å². The number of carboxylic acids is 1. The van der Waals surface area contributed by atoms with Crippen LogP contribution in [0.2, 0.25) is 10.0 Å². The lowest BCUT2D eigenvalue weighted by Gasteiger charge is -2.19. The lowest BCUT2D eigenvalue weighted by molar-refractivity contribution is -0.307. The van der Waals surface area contributed by atoms with E-state index >= 15 is 0 Å². The van der Waals surface area contributed by atoms with Gasteiger partial charge in [-0.2, -0.15) is 0 Å². The molecule has 0 bridgehead atoms. The van der Waals surface area contributed by atoms with Crippen molar-refractivity contribution in [2.45, 2.75) is 18.9 Å². The van der Waals surface area contributed by atoms with Crippen LogP contribution in [0.15, 0.2) is 72.8 Å². The average molecular weight is 536 g/mol. The minimum atomic E-state index is -3.32. The number of rotatable bonds is 13. The van der Waals surface area contributed by atoms with E-state index in [4.69, 9.17) is 32.7 Å². The molecule has 186 valence electrons. The van der Waals surface area contributed by atoms with Crippen LogP contribution in [-0.2, 0) is 25.8 Å². The molecular formula is C26H25Cl2O6S-. The number of hydrogen-bond donors (Lipinski definition) is 0. The van der Waals surface area contributed by atoms with Crippen LogP contribution in [0.1, 0.15) is 29.2 Å². The number of aliphatic carboxylic acids is 1. The van der Waals surface area contributed by atoms with Crippen molar-refractivity contribution in [3.8, 4) is 5.75 Å². The van der Waals surface area contributed by atoms with Gasteiger partial charge in [0.2, 0.25) is 0 Å². The van der Waals surface area contributed by atoms with Gasteiger partial charge in [-0.15, -0.1) is 0 Å². The van der Waals surface area contributed by atoms with Crippen LogP contribution in [0.3, 0.4) is 0 Å². The van der Waals surface area contributed by atoms with Gasteiger partial charge in [0.25, 0.3) is 0 Å². The molecule has 0 saturated carbocycles. The van der Waals surface area contributed by atoms with Crippen LogP contribution in [0.25, 0.3) is 0 Å². The fraction of sp³-hybridized carbons (Fsp3) is 0.269. The summed E-state index contributed by atoms with van der Waals surface area (Å²) in [5.41, 5.74) is 2.66. The summed E-state index contributed by atoms with van der Waals surface area (Å²) >= 11 is 12.0. The topological polar surface area (TPSA) is 92.7 Å². The monoisotopic (exact) mass is 535 g/mol. The maximum Gasteiger partial charge on any atom is 0.152 e. The standard InChI is InChI=1S/C26H26Cl2O6S/c27-22-9-5-20(6-10-22)26(21-7-11-23(28)12-8-21)33-15-17-35(31,32)16-1-2-19-3-13-24(14-4-19)34-18-25(29)30/h3-14,26H,1-2,15-18H2,(H,29,30)/p-1. The van der Waals surface area contributed by atoms with Gasteiger partial charge in [0.15, 0.2) is 9.84 Å². The molecule has 9 heteroatoms. The summed E-state index contributed by atoms with van der Waals surface area (Å²) in [6.45, 7) is -0.473. The molecule has 0 N–H and O–H groups in total. The van der Waals surface area contributed by atoms with Gasteiger partial charge in [-0.1, -0.05) is 59.6 Å². The second-order valence-electron chi connectivity index (χ2n) is 7.91. The van der Waals surface area contributed by atoms with Crippen molar-refractivity contribution in [2.24, 2.45) is 0 Å². The van der Waals surface area contributed by atoms with Gasteiger partial charge in [0.05, 0.1) is 24.1 Å². The van der Waals surface area contributed by atoms with Gasteiger partial charge in [-0.3, -0.25) is 0 Å². The Morgan fingerprint density at radius 3 is 1.89 bits per heavy atom. The Bertz CT molecular complexity index is 1150. The summed E-state index contributed by atoms with van der Waals surface area (Å²) in [6.07, 6.45) is 0.579. The third-order valence-corrected chi connectivity index (χ3v) is 7.43. The Kier molecular flexibility index (Phi) is 9.98. The number of aryl methyl sites for hydroxylation is 1. The summed E-state index contributed by atoms with van der Waals surface area (Å²) < 4.78 is 36.2. The first-order valence-corrected chi connectivity index (χ1v) is 13.5. The number of carbonyl (C=O) groups is 1. The van der Waals surface area contributed by atoms with Crippen LogP contribution in [0, 0.1) is 0 Å². The molecule has 0 aromatic heterocycles. The van der Waals surface area contributed by atoms with E-state index in [9.17, 15) is 18.3 Å². The smallest absolute Gasteiger partial charge is 0.152 e. The summed E-state index contributed by atoms with van der Waals surface area (Å²) in [5.74, 6) is -0.943. The van der Waals surface area contributed by atoms with E-state index < -0.39 is 28.5 Å². The van der Waals surface area contributed by atoms with Gasteiger partial charge in [-0.05, 0) is 65.9 Å². The number of halogens is 2. The highest BCUT2D eigenvalue weighted by Gasteiger charge is 2.18. The molecule has 3 aromatic carbocycles. The molecule has 0 aliphatic heterocycles. The SMILES string of the molecule is O=C([O-])COc1ccc(CCCS(=O)(=O)CCOC(c2ccc(Cl)cc2)c2ccc(Cl)cc2)cc1. The van der Waals surface area contributed by atoms with E-state index in [-0.39, 0.29) is 18.1 Å². The zero-order valence-corrected chi connectivity index (χ0v) is 21.2. The number of carbonyl (C=O) groups excluding carboxylic acids is 1. The van der Waals surface area contributed by atoms with Crippen LogP contribution < -0.4 is 9.84 Å². The Morgan fingerprint density at radius 2 is 1.37 bits per heavy atom. The van der Waals surface area contributed by atoms with Gasteiger partial charge >= 0.3 is 0 Å². The van der Waals surface area contributed by atoms with E-state index in [1.165, 1.54) is 0 Å². The lowest BCUT2D eigenvalue weighted by Crippen LogP contribution is -2.28. The van der Waals surface area contributed by atoms with Gasteiger partial charge in [-0.25, -0.2) is 8.42 Å². The minimum Gasteiger partial charge on any atom is -0.546 e. The highest BCUT2D eigenvalue weighted by atomic mass is 35.5. The highest BCUT2D eigenvalue weighted by Crippen LogP contribution is 2.28. The molecule has 0 atom stereocenters. The van der Waals surface area contributed by atoms with Crippen LogP contribution in [-0.4, -0.2) is 39.1 Å². The Balaban J connectivity index is 1.51. The number of ether oxygens (including phenoxy) is 2. The number of hydrogen-bond acceptors (Lipinski definition) is 6. The fourth-order valence-corrected chi connectivity index (χ4v) is 4.84. The lowest BCUT2D eigenvalue weighted by atomic mass is 10.0. The second kappa shape index (κ2) is 12.9. The Morgan fingerprint density at radius 1 is 0.829 bits per heavy atom. The van der Waals surface area contributed by atoms with E-state index in [1.807, 2.05) is 24.3 Å². The maximum absolute atomic E-state index is 12.6. The van der Waals surface area contributed by atoms with Crippen molar-refractivity contribution in [1.82, 2.24) is 0 Å². The highest BCUT2D eigenvalue weighted by molar-refractivity contribution is 7.91. The second-order valence-corrected chi connectivity index (χ2v) is 11.1. The molecular weight excluding hydrogens is 511 g/mol. The largest absolute Gasteiger partial charge is 0.546 e. The van der Waals surface area contributed by atoms with Crippen molar-refractivity contribution in [1.29, 1.82) is 0 Å². The molecule has 0 fully saturated rings. The van der Waals surface area contributed by atoms with Gasteiger partial charge < -0.3 is 19.4 Å². The molecule has 0 amide bonds. The third kappa shape index (κ3) is 9.18. The molecule has 3 aromatic rings. The predicted octanol–water partition coefficient (Wildman–Crippen LogP) is 4.28. The molecule has 0 spiro atoms. The van der Waals surface area contributed by atoms with Crippen molar-refractivity contribution in [3.05, 3.63) is 99.5 Å². The van der Waals surface area contributed by atoms with E-state index in [0.717, 1.165) is 16.7 Å². The van der Waals surface area contributed by atoms with Crippen molar-refractivity contribution in [3.63, 3.8) is 0 Å². The predicted molar refractivity (Wildman–Crippen MR) is 135 cm³/mol. The first-order chi connectivity index (χ1) is 16.7. The molecule has 0 aliphatic carbocycles. The molecule has 0 radical (unpaired) electrons. The van der Waals surface area contributed by atoms with Crippen molar-refractivity contribution >= 4 is 39.0 Å². The molecule has 0 saturated heterocycles. The molecule has 3 rings (SSSR count). The third-order valence-electron chi connectivity index (χ3n) is 5.23. The molecule has 0 aliphatic rings. The van der Waals surface area contributed by atoms with Gasteiger partial charge in [0, 0.05) is 10.0 Å². The zero-order chi connectivity index (χ0) is 25.3. The van der Waals surface area contributed by atoms with Crippen LogP contribution >= 0.6 is 23.2 Å². The molecule has 0 heterocycles. The van der Waals surface area contributed by atoms with Crippen molar-refractivity contribution < 1.29 is 27.8 Å². The van der Waals surface area contributed by atoms with Gasteiger partial charge in [0.1, 0.15) is 18.5 Å². The van der Waals surface area contributed by atoms with E-state index in [0.29, 0.717) is 28.6 Å². The summed E-state index contributed by atoms with van der Waals surface area (Å²) in [5, 5.41) is 11.6. The minimum absolute atomic E-state index is 0.0336. The summed E-state index contributed by atoms with van der Waals surface area (Å²) in [6, 6.07) is 21.3. The average Bonchev–Trinajstić information content (AvgIpc) is 2.83. The first-order valence-electron chi connectivity index (χ1n) is 11.0. The zero-order valence-electron chi connectivity index (χ0n) is 18.9. The first kappa shape index (κ1) is 27.0. The molecule has 0 unspecified atom stereocenters. The number of benzene rings is 3.